The first-order valence-corrected chi connectivity index (χ1v) is 7.14. The molecule has 1 amide bonds. The standard InChI is InChI=1S/C13H22N2O2S/c1-9(8-10-2-3-10)15-12(16)13(11(14)18)4-6-17-7-5-13/h9-10H,2-8H2,1H3,(H2,14,18)(H,15,16). The molecule has 0 radical (unpaired) electrons. The first-order chi connectivity index (χ1) is 8.54. The average molecular weight is 270 g/mol. The number of carbonyl (C=O) groups is 1. The summed E-state index contributed by atoms with van der Waals surface area (Å²) in [5.74, 6) is 0.794. The van der Waals surface area contributed by atoms with Crippen LogP contribution in [0.4, 0.5) is 0 Å². The van der Waals surface area contributed by atoms with Gasteiger partial charge in [0.2, 0.25) is 5.91 Å². The van der Waals surface area contributed by atoms with Crippen molar-refractivity contribution in [1.29, 1.82) is 0 Å². The van der Waals surface area contributed by atoms with Gasteiger partial charge in [-0.15, -0.1) is 0 Å². The van der Waals surface area contributed by atoms with Crippen molar-refractivity contribution in [2.45, 2.75) is 45.1 Å². The van der Waals surface area contributed by atoms with Crippen LogP contribution >= 0.6 is 12.2 Å². The lowest BCUT2D eigenvalue weighted by atomic mass is 9.79. The maximum Gasteiger partial charge on any atom is 0.233 e. The lowest BCUT2D eigenvalue weighted by Crippen LogP contribution is -2.53. The molecule has 2 fully saturated rings. The molecule has 1 heterocycles. The molecule has 0 aromatic carbocycles. The van der Waals surface area contributed by atoms with E-state index >= 15 is 0 Å². The molecule has 1 aliphatic carbocycles. The van der Waals surface area contributed by atoms with Crippen molar-refractivity contribution in [2.75, 3.05) is 13.2 Å². The second-order valence-electron chi connectivity index (χ2n) is 5.61. The summed E-state index contributed by atoms with van der Waals surface area (Å²) in [5, 5.41) is 3.08. The number of rotatable bonds is 5. The predicted octanol–water partition coefficient (Wildman–Crippen LogP) is 1.37. The van der Waals surface area contributed by atoms with Crippen LogP contribution in [-0.2, 0) is 9.53 Å². The average Bonchev–Trinajstić information content (AvgIpc) is 3.13. The van der Waals surface area contributed by atoms with Crippen LogP contribution in [0.1, 0.15) is 39.0 Å². The molecule has 2 rings (SSSR count). The molecular weight excluding hydrogens is 248 g/mol. The number of hydrogen-bond acceptors (Lipinski definition) is 3. The Hall–Kier alpha value is -0.680. The van der Waals surface area contributed by atoms with Gasteiger partial charge in [-0.2, -0.15) is 0 Å². The Labute approximate surface area is 114 Å². The zero-order valence-electron chi connectivity index (χ0n) is 10.9. The highest BCUT2D eigenvalue weighted by atomic mass is 32.1. The van der Waals surface area contributed by atoms with E-state index in [0.29, 0.717) is 31.0 Å². The fourth-order valence-electron chi connectivity index (χ4n) is 2.58. The Morgan fingerprint density at radius 2 is 2.11 bits per heavy atom. The molecule has 102 valence electrons. The smallest absolute Gasteiger partial charge is 0.233 e. The first-order valence-electron chi connectivity index (χ1n) is 6.73. The summed E-state index contributed by atoms with van der Waals surface area (Å²) in [6, 6.07) is 0.207. The molecule has 1 unspecified atom stereocenters. The highest BCUT2D eigenvalue weighted by Gasteiger charge is 2.43. The minimum absolute atomic E-state index is 0.00792. The molecule has 0 bridgehead atoms. The van der Waals surface area contributed by atoms with Gasteiger partial charge in [0.05, 0.1) is 4.99 Å². The van der Waals surface area contributed by atoms with Gasteiger partial charge in [0.25, 0.3) is 0 Å². The summed E-state index contributed by atoms with van der Waals surface area (Å²) in [5.41, 5.74) is 5.12. The summed E-state index contributed by atoms with van der Waals surface area (Å²) >= 11 is 5.12. The quantitative estimate of drug-likeness (QED) is 0.741. The number of nitrogens with one attached hydrogen (secondary N) is 1. The number of carbonyl (C=O) groups excluding carboxylic acids is 1. The Morgan fingerprint density at radius 3 is 2.61 bits per heavy atom. The maximum absolute atomic E-state index is 12.4. The Balaban J connectivity index is 1.96. The van der Waals surface area contributed by atoms with Crippen molar-refractivity contribution < 1.29 is 9.53 Å². The van der Waals surface area contributed by atoms with Crippen LogP contribution in [0.5, 0.6) is 0 Å². The Bertz CT molecular complexity index is 336. The van der Waals surface area contributed by atoms with Gasteiger partial charge in [0.1, 0.15) is 5.41 Å². The van der Waals surface area contributed by atoms with Crippen LogP contribution in [0.2, 0.25) is 0 Å². The number of hydrogen-bond donors (Lipinski definition) is 2. The van der Waals surface area contributed by atoms with E-state index in [9.17, 15) is 4.79 Å². The molecule has 0 aromatic rings. The van der Waals surface area contributed by atoms with Crippen molar-refractivity contribution in [3.05, 3.63) is 0 Å². The van der Waals surface area contributed by atoms with Crippen LogP contribution < -0.4 is 11.1 Å². The number of amides is 1. The zero-order valence-corrected chi connectivity index (χ0v) is 11.7. The molecule has 4 nitrogen and oxygen atoms in total. The number of ether oxygens (including phenoxy) is 1. The molecular formula is C13H22N2O2S. The second kappa shape index (κ2) is 5.53. The van der Waals surface area contributed by atoms with E-state index in [0.717, 1.165) is 12.3 Å². The molecule has 1 aliphatic heterocycles. The minimum atomic E-state index is -0.689. The van der Waals surface area contributed by atoms with Gasteiger partial charge in [0.15, 0.2) is 0 Å². The van der Waals surface area contributed by atoms with Crippen molar-refractivity contribution in [3.63, 3.8) is 0 Å². The fourth-order valence-corrected chi connectivity index (χ4v) is 2.88. The summed E-state index contributed by atoms with van der Waals surface area (Å²) < 4.78 is 5.31. The summed E-state index contributed by atoms with van der Waals surface area (Å²) in [7, 11) is 0. The molecule has 0 aromatic heterocycles. The minimum Gasteiger partial charge on any atom is -0.392 e. The van der Waals surface area contributed by atoms with E-state index in [4.69, 9.17) is 22.7 Å². The third kappa shape index (κ3) is 3.01. The van der Waals surface area contributed by atoms with E-state index in [1.807, 2.05) is 0 Å². The van der Waals surface area contributed by atoms with Gasteiger partial charge >= 0.3 is 0 Å². The SMILES string of the molecule is CC(CC1CC1)NC(=O)C1(C(N)=S)CCOCC1. The van der Waals surface area contributed by atoms with Crippen LogP contribution in [0.25, 0.3) is 0 Å². The van der Waals surface area contributed by atoms with Crippen molar-refractivity contribution in [2.24, 2.45) is 17.1 Å². The Morgan fingerprint density at radius 1 is 1.50 bits per heavy atom. The maximum atomic E-state index is 12.4. The normalized spacial score (nSPS) is 24.3. The van der Waals surface area contributed by atoms with Gasteiger partial charge in [-0.05, 0) is 32.1 Å². The summed E-state index contributed by atoms with van der Waals surface area (Å²) in [6.45, 7) is 3.17. The van der Waals surface area contributed by atoms with Gasteiger partial charge in [-0.25, -0.2) is 0 Å². The summed E-state index contributed by atoms with van der Waals surface area (Å²) in [4.78, 5) is 12.7. The third-order valence-electron chi connectivity index (χ3n) is 4.01. The van der Waals surface area contributed by atoms with E-state index in [2.05, 4.69) is 12.2 Å². The van der Waals surface area contributed by atoms with Crippen LogP contribution in [0.15, 0.2) is 0 Å². The monoisotopic (exact) mass is 270 g/mol. The molecule has 1 saturated carbocycles. The Kier molecular flexibility index (Phi) is 4.22. The number of nitrogens with two attached hydrogens (primary N) is 1. The van der Waals surface area contributed by atoms with Gasteiger partial charge in [-0.3, -0.25) is 4.79 Å². The third-order valence-corrected chi connectivity index (χ3v) is 4.40. The zero-order chi connectivity index (χ0) is 13.2. The molecule has 3 N–H and O–H groups in total. The first kappa shape index (κ1) is 13.7. The van der Waals surface area contributed by atoms with Crippen molar-refractivity contribution in [3.8, 4) is 0 Å². The van der Waals surface area contributed by atoms with E-state index in [-0.39, 0.29) is 11.9 Å². The highest BCUT2D eigenvalue weighted by Crippen LogP contribution is 2.35. The largest absolute Gasteiger partial charge is 0.392 e. The van der Waals surface area contributed by atoms with Gasteiger partial charge < -0.3 is 15.8 Å². The molecule has 2 aliphatic rings. The summed E-state index contributed by atoms with van der Waals surface area (Å²) in [6.07, 6.45) is 4.87. The predicted molar refractivity (Wildman–Crippen MR) is 74.2 cm³/mol. The molecule has 18 heavy (non-hydrogen) atoms. The van der Waals surface area contributed by atoms with E-state index < -0.39 is 5.41 Å². The van der Waals surface area contributed by atoms with Crippen molar-refractivity contribution >= 4 is 23.1 Å². The molecule has 1 saturated heterocycles. The fraction of sp³-hybridized carbons (Fsp3) is 0.846. The van der Waals surface area contributed by atoms with Gasteiger partial charge in [-0.1, -0.05) is 25.1 Å². The van der Waals surface area contributed by atoms with Crippen LogP contribution in [-0.4, -0.2) is 30.2 Å². The van der Waals surface area contributed by atoms with Gasteiger partial charge in [0, 0.05) is 19.3 Å². The lowest BCUT2D eigenvalue weighted by Gasteiger charge is -2.35. The second-order valence-corrected chi connectivity index (χ2v) is 6.05. The highest BCUT2D eigenvalue weighted by molar-refractivity contribution is 7.80. The van der Waals surface area contributed by atoms with Crippen molar-refractivity contribution in [1.82, 2.24) is 5.32 Å². The topological polar surface area (TPSA) is 64.4 Å². The van der Waals surface area contributed by atoms with E-state index in [1.54, 1.807) is 0 Å². The van der Waals surface area contributed by atoms with Crippen LogP contribution in [0.3, 0.4) is 0 Å². The lowest BCUT2D eigenvalue weighted by molar-refractivity contribution is -0.132. The molecule has 0 spiro atoms. The van der Waals surface area contributed by atoms with E-state index in [1.165, 1.54) is 12.8 Å². The number of thiocarbonyl (C=S) groups is 1. The van der Waals surface area contributed by atoms with Crippen LogP contribution in [0, 0.1) is 11.3 Å². The molecule has 1 atom stereocenters. The molecule has 5 heteroatoms.